The van der Waals surface area contributed by atoms with E-state index in [9.17, 15) is 0 Å². The lowest BCUT2D eigenvalue weighted by Crippen LogP contribution is -2.34. The fourth-order valence-corrected chi connectivity index (χ4v) is 3.66. The van der Waals surface area contributed by atoms with Crippen LogP contribution in [0.25, 0.3) is 0 Å². The van der Waals surface area contributed by atoms with Gasteiger partial charge in [0.15, 0.2) is 0 Å². The third-order valence-corrected chi connectivity index (χ3v) is 4.97. The molecule has 1 fully saturated rings. The van der Waals surface area contributed by atoms with Crippen LogP contribution in [0.4, 0.5) is 0 Å². The molecule has 0 amide bonds. The van der Waals surface area contributed by atoms with Crippen LogP contribution in [-0.4, -0.2) is 16.3 Å². The molecule has 3 heteroatoms. The molecule has 1 saturated carbocycles. The summed E-state index contributed by atoms with van der Waals surface area (Å²) in [6.45, 7) is 0. The molecule has 112 valence electrons. The monoisotopic (exact) mass is 292 g/mol. The summed E-state index contributed by atoms with van der Waals surface area (Å²) in [7, 11) is 0. The zero-order valence-electron chi connectivity index (χ0n) is 12.6. The second-order valence-electron chi connectivity index (χ2n) is 6.39. The average molecular weight is 292 g/mol. The van der Waals surface area contributed by atoms with Gasteiger partial charge in [0.1, 0.15) is 11.3 Å². The summed E-state index contributed by atoms with van der Waals surface area (Å²) in [6, 6.07) is 16.8. The Morgan fingerprint density at radius 1 is 0.955 bits per heavy atom. The average Bonchev–Trinajstić information content (AvgIpc) is 3.01. The Kier molecular flexibility index (Phi) is 3.41. The van der Waals surface area contributed by atoms with Gasteiger partial charge in [0.2, 0.25) is 0 Å². The molecule has 2 aliphatic rings. The molecule has 2 aromatic rings. The number of nitrogens with zero attached hydrogens (tertiary/aromatic N) is 2. The molecule has 0 bridgehead atoms. The summed E-state index contributed by atoms with van der Waals surface area (Å²) < 4.78 is 0. The minimum atomic E-state index is -0.0852. The third-order valence-electron chi connectivity index (χ3n) is 4.97. The van der Waals surface area contributed by atoms with Gasteiger partial charge in [0, 0.05) is 12.6 Å². The fourth-order valence-electron chi connectivity index (χ4n) is 3.66. The van der Waals surface area contributed by atoms with Crippen LogP contribution in [0.3, 0.4) is 0 Å². The van der Waals surface area contributed by atoms with Gasteiger partial charge in [-0.2, -0.15) is 0 Å². The van der Waals surface area contributed by atoms with Gasteiger partial charge in [0.25, 0.3) is 0 Å². The standard InChI is InChI=1S/C19H20N2O/c1-2-6-15(7-3-1)16-9-11-19(12-10-16)14-18(21-22-19)17-8-4-5-13-20-17/h1-8,13,16H,9-12,14H2. The number of oxime groups is 1. The van der Waals surface area contributed by atoms with Crippen molar-refractivity contribution in [2.45, 2.75) is 43.6 Å². The Labute approximate surface area is 131 Å². The van der Waals surface area contributed by atoms with Crippen LogP contribution in [0, 0.1) is 0 Å². The minimum absolute atomic E-state index is 0.0852. The largest absolute Gasteiger partial charge is 0.389 e. The normalized spacial score (nSPS) is 27.5. The van der Waals surface area contributed by atoms with Crippen molar-refractivity contribution in [1.82, 2.24) is 4.98 Å². The van der Waals surface area contributed by atoms with E-state index in [1.165, 1.54) is 18.4 Å². The molecule has 1 aromatic heterocycles. The smallest absolute Gasteiger partial charge is 0.143 e. The third kappa shape index (κ3) is 2.52. The molecule has 0 N–H and O–H groups in total. The molecule has 0 radical (unpaired) electrons. The van der Waals surface area contributed by atoms with Crippen molar-refractivity contribution < 1.29 is 4.84 Å². The van der Waals surface area contributed by atoms with E-state index in [0.717, 1.165) is 30.7 Å². The van der Waals surface area contributed by atoms with Crippen molar-refractivity contribution >= 4 is 5.71 Å². The SMILES string of the molecule is c1ccc(C2CCC3(CC2)CC(c2ccccn2)=NO3)cc1. The maximum absolute atomic E-state index is 5.88. The Hall–Kier alpha value is -2.16. The molecule has 1 spiro atoms. The number of rotatable bonds is 2. The number of hydrogen-bond acceptors (Lipinski definition) is 3. The van der Waals surface area contributed by atoms with Crippen molar-refractivity contribution in [3.05, 3.63) is 66.0 Å². The molecule has 22 heavy (non-hydrogen) atoms. The predicted octanol–water partition coefficient (Wildman–Crippen LogP) is 4.30. The van der Waals surface area contributed by atoms with E-state index in [4.69, 9.17) is 4.84 Å². The van der Waals surface area contributed by atoms with Crippen LogP contribution in [0.2, 0.25) is 0 Å². The van der Waals surface area contributed by atoms with E-state index in [1.807, 2.05) is 24.4 Å². The summed E-state index contributed by atoms with van der Waals surface area (Å²) in [4.78, 5) is 10.3. The first-order valence-electron chi connectivity index (χ1n) is 8.06. The van der Waals surface area contributed by atoms with E-state index in [1.54, 1.807) is 0 Å². The molecule has 3 nitrogen and oxygen atoms in total. The van der Waals surface area contributed by atoms with Gasteiger partial charge in [-0.1, -0.05) is 41.6 Å². The zero-order chi connectivity index (χ0) is 14.8. The highest BCUT2D eigenvalue weighted by Gasteiger charge is 2.43. The highest BCUT2D eigenvalue weighted by Crippen LogP contribution is 2.44. The molecule has 1 aliphatic carbocycles. The minimum Gasteiger partial charge on any atom is -0.389 e. The number of benzene rings is 1. The molecule has 0 unspecified atom stereocenters. The second-order valence-corrected chi connectivity index (χ2v) is 6.39. The van der Waals surface area contributed by atoms with Gasteiger partial charge in [-0.05, 0) is 49.3 Å². The van der Waals surface area contributed by atoms with Crippen molar-refractivity contribution in [1.29, 1.82) is 0 Å². The Morgan fingerprint density at radius 3 is 2.45 bits per heavy atom. The van der Waals surface area contributed by atoms with Crippen molar-refractivity contribution in [2.24, 2.45) is 5.16 Å². The molecule has 0 atom stereocenters. The second kappa shape index (κ2) is 5.56. The fraction of sp³-hybridized carbons (Fsp3) is 0.368. The van der Waals surface area contributed by atoms with Crippen LogP contribution < -0.4 is 0 Å². The lowest BCUT2D eigenvalue weighted by Gasteiger charge is -2.35. The van der Waals surface area contributed by atoms with Gasteiger partial charge >= 0.3 is 0 Å². The summed E-state index contributed by atoms with van der Waals surface area (Å²) in [5.74, 6) is 0.661. The number of aromatic nitrogens is 1. The maximum atomic E-state index is 5.88. The highest BCUT2D eigenvalue weighted by molar-refractivity contribution is 6.00. The van der Waals surface area contributed by atoms with Crippen LogP contribution in [0.1, 0.15) is 49.3 Å². The van der Waals surface area contributed by atoms with Crippen LogP contribution in [0.15, 0.2) is 59.9 Å². The molecular weight excluding hydrogens is 272 g/mol. The van der Waals surface area contributed by atoms with Gasteiger partial charge < -0.3 is 4.84 Å². The van der Waals surface area contributed by atoms with Gasteiger partial charge in [0.05, 0.1) is 5.69 Å². The van der Waals surface area contributed by atoms with Crippen molar-refractivity contribution in [3.8, 4) is 0 Å². The van der Waals surface area contributed by atoms with E-state index >= 15 is 0 Å². The molecule has 2 heterocycles. The zero-order valence-corrected chi connectivity index (χ0v) is 12.6. The summed E-state index contributed by atoms with van der Waals surface area (Å²) >= 11 is 0. The molecule has 1 aliphatic heterocycles. The van der Waals surface area contributed by atoms with E-state index in [2.05, 4.69) is 40.5 Å². The van der Waals surface area contributed by atoms with Gasteiger partial charge in [-0.25, -0.2) is 0 Å². The molecule has 1 aromatic carbocycles. The molecular formula is C19H20N2O. The molecule has 0 saturated heterocycles. The van der Waals surface area contributed by atoms with Crippen molar-refractivity contribution in [2.75, 3.05) is 0 Å². The highest BCUT2D eigenvalue weighted by atomic mass is 16.7. The quantitative estimate of drug-likeness (QED) is 0.827. The van der Waals surface area contributed by atoms with Crippen LogP contribution >= 0.6 is 0 Å². The number of pyridine rings is 1. The first kappa shape index (κ1) is 13.5. The lowest BCUT2D eigenvalue weighted by molar-refractivity contribution is -0.0484. The van der Waals surface area contributed by atoms with E-state index in [-0.39, 0.29) is 5.60 Å². The van der Waals surface area contributed by atoms with Crippen molar-refractivity contribution in [3.63, 3.8) is 0 Å². The first-order valence-corrected chi connectivity index (χ1v) is 8.06. The summed E-state index contributed by atoms with van der Waals surface area (Å²) in [5, 5.41) is 4.33. The van der Waals surface area contributed by atoms with Gasteiger partial charge in [-0.3, -0.25) is 4.98 Å². The summed E-state index contributed by atoms with van der Waals surface area (Å²) in [5.41, 5.74) is 3.32. The number of hydrogen-bond donors (Lipinski definition) is 0. The van der Waals surface area contributed by atoms with Crippen LogP contribution in [0.5, 0.6) is 0 Å². The molecule has 4 rings (SSSR count). The Bertz CT molecular complexity index is 658. The Balaban J connectivity index is 1.42. The lowest BCUT2D eigenvalue weighted by atomic mass is 9.74. The Morgan fingerprint density at radius 2 is 1.73 bits per heavy atom. The first-order chi connectivity index (χ1) is 10.8. The van der Waals surface area contributed by atoms with Gasteiger partial charge in [-0.15, -0.1) is 0 Å². The van der Waals surface area contributed by atoms with E-state index in [0.29, 0.717) is 5.92 Å². The van der Waals surface area contributed by atoms with E-state index < -0.39 is 0 Å². The topological polar surface area (TPSA) is 34.5 Å². The maximum Gasteiger partial charge on any atom is 0.143 e. The summed E-state index contributed by atoms with van der Waals surface area (Å²) in [6.07, 6.45) is 7.21. The predicted molar refractivity (Wildman–Crippen MR) is 86.9 cm³/mol. The van der Waals surface area contributed by atoms with Crippen LogP contribution in [-0.2, 0) is 4.84 Å².